The third-order valence-corrected chi connectivity index (χ3v) is 3.07. The van der Waals surface area contributed by atoms with E-state index in [1.807, 2.05) is 0 Å². The van der Waals surface area contributed by atoms with Crippen LogP contribution in [-0.2, 0) is 9.53 Å². The van der Waals surface area contributed by atoms with E-state index >= 15 is 0 Å². The molecule has 0 N–H and O–H groups in total. The summed E-state index contributed by atoms with van der Waals surface area (Å²) in [6.45, 7) is 8.41. The third kappa shape index (κ3) is 2.58. The second-order valence-corrected chi connectivity index (χ2v) is 4.41. The number of carbonyl (C=O) groups is 1. The van der Waals surface area contributed by atoms with Gasteiger partial charge in [0.1, 0.15) is 0 Å². The molecule has 0 aromatic heterocycles. The number of carbonyl (C=O) groups excluding carboxylic acids is 1. The third-order valence-electron chi connectivity index (χ3n) is 3.07. The van der Waals surface area contributed by atoms with E-state index in [0.717, 1.165) is 0 Å². The van der Waals surface area contributed by atoms with Crippen LogP contribution in [0.2, 0.25) is 0 Å². The summed E-state index contributed by atoms with van der Waals surface area (Å²) >= 11 is 0. The van der Waals surface area contributed by atoms with Crippen LogP contribution in [0.5, 0.6) is 0 Å². The largest absolute Gasteiger partial charge is 0.462 e. The van der Waals surface area contributed by atoms with Gasteiger partial charge in [0.25, 0.3) is 0 Å². The summed E-state index contributed by atoms with van der Waals surface area (Å²) in [6.07, 6.45) is 4.89. The van der Waals surface area contributed by atoms with Crippen molar-refractivity contribution in [2.45, 2.75) is 33.1 Å². The van der Waals surface area contributed by atoms with E-state index in [0.29, 0.717) is 17.9 Å². The zero-order chi connectivity index (χ0) is 9.90. The molecule has 1 saturated carbocycles. The van der Waals surface area contributed by atoms with E-state index in [9.17, 15) is 4.79 Å². The van der Waals surface area contributed by atoms with Gasteiger partial charge in [-0.3, -0.25) is 0 Å². The Kier molecular flexibility index (Phi) is 3.12. The van der Waals surface area contributed by atoms with Gasteiger partial charge in [-0.1, -0.05) is 26.8 Å². The molecule has 0 saturated heterocycles. The van der Waals surface area contributed by atoms with Gasteiger partial charge in [0, 0.05) is 6.08 Å². The quantitative estimate of drug-likeness (QED) is 0.495. The number of ether oxygens (including phenoxy) is 1. The van der Waals surface area contributed by atoms with E-state index in [-0.39, 0.29) is 5.97 Å². The average Bonchev–Trinajstić information content (AvgIpc) is 2.41. The summed E-state index contributed by atoms with van der Waals surface area (Å²) in [5.74, 6) is 0.221. The van der Waals surface area contributed by atoms with E-state index in [2.05, 4.69) is 20.4 Å². The number of rotatable bonds is 3. The maximum atomic E-state index is 10.8. The molecule has 1 aliphatic carbocycles. The number of esters is 1. The van der Waals surface area contributed by atoms with Crippen molar-refractivity contribution in [2.75, 3.05) is 6.61 Å². The molecular weight excluding hydrogens is 164 g/mol. The lowest BCUT2D eigenvalue weighted by Crippen LogP contribution is -2.23. The van der Waals surface area contributed by atoms with Crippen LogP contribution < -0.4 is 0 Å². The minimum absolute atomic E-state index is 0.303. The van der Waals surface area contributed by atoms with Gasteiger partial charge >= 0.3 is 5.97 Å². The van der Waals surface area contributed by atoms with Crippen LogP contribution in [0.3, 0.4) is 0 Å². The molecule has 2 heteroatoms. The van der Waals surface area contributed by atoms with Gasteiger partial charge in [-0.2, -0.15) is 0 Å². The molecule has 1 unspecified atom stereocenters. The van der Waals surface area contributed by atoms with Crippen LogP contribution in [-0.4, -0.2) is 12.6 Å². The Bertz CT molecular complexity index is 206. The Balaban J connectivity index is 2.37. The summed E-state index contributed by atoms with van der Waals surface area (Å²) < 4.78 is 5.05. The molecule has 0 aromatic carbocycles. The van der Waals surface area contributed by atoms with Crippen molar-refractivity contribution >= 4 is 5.97 Å². The van der Waals surface area contributed by atoms with Crippen molar-refractivity contribution in [1.29, 1.82) is 0 Å². The Morgan fingerprint density at radius 1 is 1.69 bits per heavy atom. The first-order chi connectivity index (χ1) is 6.06. The van der Waals surface area contributed by atoms with E-state index < -0.39 is 0 Å². The Morgan fingerprint density at radius 2 is 2.38 bits per heavy atom. The van der Waals surface area contributed by atoms with Gasteiger partial charge in [0.2, 0.25) is 0 Å². The lowest BCUT2D eigenvalue weighted by Gasteiger charge is -2.26. The molecule has 0 heterocycles. The molecule has 0 amide bonds. The summed E-state index contributed by atoms with van der Waals surface area (Å²) in [7, 11) is 0. The van der Waals surface area contributed by atoms with Crippen molar-refractivity contribution in [3.05, 3.63) is 12.7 Å². The van der Waals surface area contributed by atoms with Crippen LogP contribution in [0.15, 0.2) is 12.7 Å². The first-order valence-corrected chi connectivity index (χ1v) is 4.85. The second kappa shape index (κ2) is 3.95. The smallest absolute Gasteiger partial charge is 0.330 e. The van der Waals surface area contributed by atoms with Gasteiger partial charge < -0.3 is 4.74 Å². The van der Waals surface area contributed by atoms with Crippen molar-refractivity contribution < 1.29 is 9.53 Å². The van der Waals surface area contributed by atoms with Crippen LogP contribution in [0, 0.1) is 11.3 Å². The summed E-state index contributed by atoms with van der Waals surface area (Å²) in [5, 5.41) is 0. The first kappa shape index (κ1) is 10.3. The standard InChI is InChI=1S/C11H18O2/c1-4-10(12)13-8-9-6-5-7-11(9,2)3/h4,9H,1,5-8H2,2-3H3. The zero-order valence-corrected chi connectivity index (χ0v) is 8.51. The molecule has 1 aliphatic rings. The maximum Gasteiger partial charge on any atom is 0.330 e. The molecule has 1 fully saturated rings. The molecule has 2 nitrogen and oxygen atoms in total. The van der Waals surface area contributed by atoms with Crippen LogP contribution in [0.25, 0.3) is 0 Å². The highest BCUT2D eigenvalue weighted by atomic mass is 16.5. The first-order valence-electron chi connectivity index (χ1n) is 4.85. The number of hydrogen-bond donors (Lipinski definition) is 0. The lowest BCUT2D eigenvalue weighted by atomic mass is 9.82. The maximum absolute atomic E-state index is 10.8. The van der Waals surface area contributed by atoms with Gasteiger partial charge in [-0.15, -0.1) is 0 Å². The van der Waals surface area contributed by atoms with Crippen LogP contribution >= 0.6 is 0 Å². The van der Waals surface area contributed by atoms with Crippen molar-refractivity contribution in [3.63, 3.8) is 0 Å². The average molecular weight is 182 g/mol. The van der Waals surface area contributed by atoms with Crippen molar-refractivity contribution in [1.82, 2.24) is 0 Å². The van der Waals surface area contributed by atoms with Crippen LogP contribution in [0.4, 0.5) is 0 Å². The van der Waals surface area contributed by atoms with Gasteiger partial charge in [-0.05, 0) is 24.2 Å². The normalized spacial score (nSPS) is 25.5. The molecule has 0 aliphatic heterocycles. The van der Waals surface area contributed by atoms with Gasteiger partial charge in [-0.25, -0.2) is 4.79 Å². The predicted molar refractivity (Wildman–Crippen MR) is 52.3 cm³/mol. The van der Waals surface area contributed by atoms with E-state index in [1.54, 1.807) is 0 Å². The highest BCUT2D eigenvalue weighted by molar-refractivity contribution is 5.81. The highest BCUT2D eigenvalue weighted by Crippen LogP contribution is 2.42. The molecule has 13 heavy (non-hydrogen) atoms. The zero-order valence-electron chi connectivity index (χ0n) is 8.51. The second-order valence-electron chi connectivity index (χ2n) is 4.41. The van der Waals surface area contributed by atoms with E-state index in [4.69, 9.17) is 4.74 Å². The molecule has 0 bridgehead atoms. The Labute approximate surface area is 80.0 Å². The minimum Gasteiger partial charge on any atom is -0.462 e. The monoisotopic (exact) mass is 182 g/mol. The van der Waals surface area contributed by atoms with E-state index in [1.165, 1.54) is 25.3 Å². The summed E-state index contributed by atoms with van der Waals surface area (Å²) in [5.41, 5.74) is 0.335. The fourth-order valence-electron chi connectivity index (χ4n) is 1.95. The predicted octanol–water partition coefficient (Wildman–Crippen LogP) is 2.54. The molecule has 1 rings (SSSR count). The molecule has 1 atom stereocenters. The molecule has 0 radical (unpaired) electrons. The van der Waals surface area contributed by atoms with Crippen molar-refractivity contribution in [2.24, 2.45) is 11.3 Å². The Hall–Kier alpha value is -0.790. The summed E-state index contributed by atoms with van der Waals surface area (Å²) in [6, 6.07) is 0. The number of hydrogen-bond acceptors (Lipinski definition) is 2. The topological polar surface area (TPSA) is 26.3 Å². The minimum atomic E-state index is -0.303. The van der Waals surface area contributed by atoms with Crippen molar-refractivity contribution in [3.8, 4) is 0 Å². The Morgan fingerprint density at radius 3 is 2.85 bits per heavy atom. The fourth-order valence-corrected chi connectivity index (χ4v) is 1.95. The summed E-state index contributed by atoms with van der Waals surface area (Å²) in [4.78, 5) is 10.8. The fraction of sp³-hybridized carbons (Fsp3) is 0.727. The SMILES string of the molecule is C=CC(=O)OCC1CCCC1(C)C. The molecule has 0 spiro atoms. The molecule has 0 aromatic rings. The molecule has 74 valence electrons. The van der Waals surface area contributed by atoms with Gasteiger partial charge in [0.15, 0.2) is 0 Å². The highest BCUT2D eigenvalue weighted by Gasteiger charge is 2.34. The molecular formula is C11H18O2. The van der Waals surface area contributed by atoms with Gasteiger partial charge in [0.05, 0.1) is 6.61 Å². The van der Waals surface area contributed by atoms with Crippen LogP contribution in [0.1, 0.15) is 33.1 Å². The lowest BCUT2D eigenvalue weighted by molar-refractivity contribution is -0.139.